The van der Waals surface area contributed by atoms with Gasteiger partial charge in [-0.3, -0.25) is 4.79 Å². The second kappa shape index (κ2) is 20.1. The molecule has 336 valence electrons. The molecule has 0 saturated carbocycles. The van der Waals surface area contributed by atoms with E-state index >= 15 is 0 Å². The van der Waals surface area contributed by atoms with Crippen molar-refractivity contribution < 1.29 is 45.1 Å². The number of hydrogen-bond donors (Lipinski definition) is 1. The molecule has 0 atom stereocenters. The van der Waals surface area contributed by atoms with Crippen LogP contribution in [0.25, 0.3) is 10.9 Å². The molecule has 0 fully saturated rings. The minimum atomic E-state index is -4.79. The number of fused-ring (bicyclic) bond motifs is 1. The molecule has 1 amide bonds. The van der Waals surface area contributed by atoms with Gasteiger partial charge in [-0.25, -0.2) is 0 Å². The molecule has 0 saturated heterocycles. The average molecular weight is 878 g/mol. The van der Waals surface area contributed by atoms with Crippen LogP contribution in [0.5, 0.6) is 11.5 Å². The van der Waals surface area contributed by atoms with Crippen molar-refractivity contribution in [3.8, 4) is 11.5 Å². The quantitative estimate of drug-likeness (QED) is 0.0928. The molecular weight excluding hydrogens is 824 g/mol. The van der Waals surface area contributed by atoms with Crippen LogP contribution in [0.1, 0.15) is 90.8 Å². The van der Waals surface area contributed by atoms with Crippen molar-refractivity contribution in [2.45, 2.75) is 98.0 Å². The Bertz CT molecular complexity index is 2430. The average Bonchev–Trinajstić information content (AvgIpc) is 3.56. The highest BCUT2D eigenvalue weighted by atomic mass is 19.4. The van der Waals surface area contributed by atoms with E-state index < -0.39 is 12.7 Å². The first-order valence-corrected chi connectivity index (χ1v) is 20.6. The molecule has 63 heavy (non-hydrogen) atoms. The van der Waals surface area contributed by atoms with Gasteiger partial charge in [0.2, 0.25) is 0 Å². The summed E-state index contributed by atoms with van der Waals surface area (Å²) in [7, 11) is 0. The van der Waals surface area contributed by atoms with Gasteiger partial charge < -0.3 is 19.7 Å². The number of aryl methyl sites for hydroxylation is 1. The SMILES string of the molecule is CC(C)(C)c1ccc(CNCCc2cccc(OC(F)(F)F)c2)cc1.Cc1cc(C(=O)N(CCc2cccc(OC(F)(F)F)c2)Cc2ccc(C(C)(C)C)cc2)c2c(ccn2F)c1. The molecule has 0 aliphatic rings. The third kappa shape index (κ3) is 14.9. The molecule has 6 nitrogen and oxygen atoms in total. The van der Waals surface area contributed by atoms with Crippen molar-refractivity contribution in [1.82, 2.24) is 15.0 Å². The number of carbonyl (C=O) groups excluding carboxylic acids is 1. The predicted molar refractivity (Wildman–Crippen MR) is 234 cm³/mol. The van der Waals surface area contributed by atoms with Crippen LogP contribution in [0.15, 0.2) is 121 Å². The number of ether oxygens (including phenoxy) is 2. The summed E-state index contributed by atoms with van der Waals surface area (Å²) in [5.41, 5.74) is 7.23. The molecule has 1 aromatic heterocycles. The number of nitrogens with zero attached hydrogens (tertiary/aromatic N) is 2. The molecule has 6 aromatic rings. The predicted octanol–water partition coefficient (Wildman–Crippen LogP) is 13.0. The fourth-order valence-electron chi connectivity index (χ4n) is 6.96. The second-order valence-corrected chi connectivity index (χ2v) is 17.6. The van der Waals surface area contributed by atoms with Gasteiger partial charge in [0.25, 0.3) is 5.91 Å². The van der Waals surface area contributed by atoms with Crippen LogP contribution in [0.3, 0.4) is 0 Å². The molecule has 0 spiro atoms. The number of alkyl halides is 6. The topological polar surface area (TPSA) is 55.7 Å². The van der Waals surface area contributed by atoms with Gasteiger partial charge in [-0.1, -0.05) is 119 Å². The summed E-state index contributed by atoms with van der Waals surface area (Å²) < 4.78 is 97.3. The zero-order valence-corrected chi connectivity index (χ0v) is 36.6. The van der Waals surface area contributed by atoms with Crippen LogP contribution in [0, 0.1) is 6.92 Å². The number of nitrogens with one attached hydrogen (secondary N) is 1. The molecular formula is C50H54F7N3O3. The molecule has 0 bridgehead atoms. The van der Waals surface area contributed by atoms with Crippen LogP contribution in [-0.2, 0) is 36.8 Å². The van der Waals surface area contributed by atoms with E-state index in [1.807, 2.05) is 37.3 Å². The Kier molecular flexibility index (Phi) is 15.4. The maximum Gasteiger partial charge on any atom is 0.573 e. The van der Waals surface area contributed by atoms with Crippen LogP contribution in [0.2, 0.25) is 0 Å². The summed E-state index contributed by atoms with van der Waals surface area (Å²) >= 11 is 0. The monoisotopic (exact) mass is 877 g/mol. The van der Waals surface area contributed by atoms with E-state index in [4.69, 9.17) is 0 Å². The number of hydrogen-bond acceptors (Lipinski definition) is 4. The zero-order valence-electron chi connectivity index (χ0n) is 36.6. The van der Waals surface area contributed by atoms with Crippen molar-refractivity contribution in [2.24, 2.45) is 0 Å². The largest absolute Gasteiger partial charge is 0.573 e. The second-order valence-electron chi connectivity index (χ2n) is 17.6. The smallest absolute Gasteiger partial charge is 0.406 e. The van der Waals surface area contributed by atoms with Crippen LogP contribution in [0.4, 0.5) is 30.8 Å². The summed E-state index contributed by atoms with van der Waals surface area (Å²) in [6, 6.07) is 33.3. The number of benzene rings is 5. The van der Waals surface area contributed by atoms with Crippen molar-refractivity contribution in [2.75, 3.05) is 13.1 Å². The third-order valence-electron chi connectivity index (χ3n) is 10.3. The molecule has 0 unspecified atom stereocenters. The van der Waals surface area contributed by atoms with Crippen molar-refractivity contribution in [3.05, 3.63) is 166 Å². The number of amides is 1. The van der Waals surface area contributed by atoms with Gasteiger partial charge in [0, 0.05) is 31.2 Å². The number of carbonyl (C=O) groups is 1. The highest BCUT2D eigenvalue weighted by Gasteiger charge is 2.32. The minimum Gasteiger partial charge on any atom is -0.406 e. The molecule has 0 aliphatic heterocycles. The summed E-state index contributed by atoms with van der Waals surface area (Å²) in [6.07, 6.45) is -7.27. The van der Waals surface area contributed by atoms with E-state index in [1.165, 1.54) is 47.7 Å². The molecule has 1 heterocycles. The number of aromatic nitrogens is 1. The van der Waals surface area contributed by atoms with Crippen LogP contribution >= 0.6 is 0 Å². The zero-order chi connectivity index (χ0) is 46.2. The third-order valence-corrected chi connectivity index (χ3v) is 10.3. The Balaban J connectivity index is 0.000000260. The molecule has 0 radical (unpaired) electrons. The Morgan fingerprint density at radius 1 is 0.635 bits per heavy atom. The first-order chi connectivity index (χ1) is 29.4. The van der Waals surface area contributed by atoms with Crippen molar-refractivity contribution in [3.63, 3.8) is 0 Å². The van der Waals surface area contributed by atoms with Gasteiger partial charge in [-0.2, -0.15) is 4.79 Å². The van der Waals surface area contributed by atoms with Gasteiger partial charge in [0.05, 0.1) is 11.1 Å². The van der Waals surface area contributed by atoms with Gasteiger partial charge in [-0.15, -0.1) is 26.3 Å². The Hall–Kier alpha value is -5.82. The van der Waals surface area contributed by atoms with E-state index in [1.54, 1.807) is 35.2 Å². The highest BCUT2D eigenvalue weighted by Crippen LogP contribution is 2.29. The molecule has 1 N–H and O–H groups in total. The van der Waals surface area contributed by atoms with Crippen molar-refractivity contribution in [1.29, 1.82) is 0 Å². The minimum absolute atomic E-state index is 0.0305. The maximum absolute atomic E-state index is 14.6. The normalized spacial score (nSPS) is 12.2. The summed E-state index contributed by atoms with van der Waals surface area (Å²) in [6.45, 7) is 16.6. The lowest BCUT2D eigenvalue weighted by Gasteiger charge is -2.25. The molecule has 5 aromatic carbocycles. The maximum atomic E-state index is 14.6. The fraction of sp³-hybridized carbons (Fsp3) is 0.340. The summed E-state index contributed by atoms with van der Waals surface area (Å²) in [5, 5.41) is 3.93. The van der Waals surface area contributed by atoms with Gasteiger partial charge in [-0.05, 0) is 119 Å². The lowest BCUT2D eigenvalue weighted by Crippen LogP contribution is -2.33. The standard InChI is InChI=1S/C30H30F4N2O2.C20H24F3NO/c1-20-16-23-13-15-36(34)27(23)26(17-20)28(37)35(19-22-8-10-24(11-9-22)29(2,3)4)14-12-21-6-5-7-25(18-21)38-30(31,32)33;1-19(2,3)17-9-7-16(8-10-17)14-24-12-11-15-5-4-6-18(13-15)25-20(21,22)23/h5-11,13,15-18H,12,14,19H2,1-4H3;4-10,13,24H,11-12,14H2,1-3H3. The van der Waals surface area contributed by atoms with E-state index in [-0.39, 0.29) is 58.8 Å². The summed E-state index contributed by atoms with van der Waals surface area (Å²) in [5.74, 6) is -0.858. The van der Waals surface area contributed by atoms with E-state index in [9.17, 15) is 35.6 Å². The van der Waals surface area contributed by atoms with Gasteiger partial charge >= 0.3 is 12.7 Å². The van der Waals surface area contributed by atoms with E-state index in [0.29, 0.717) is 28.7 Å². The highest BCUT2D eigenvalue weighted by molar-refractivity contribution is 6.06. The molecule has 6 rings (SSSR count). The van der Waals surface area contributed by atoms with E-state index in [0.717, 1.165) is 28.8 Å². The Morgan fingerprint density at radius 2 is 1.14 bits per heavy atom. The molecule has 0 aliphatic carbocycles. The van der Waals surface area contributed by atoms with Crippen LogP contribution < -0.4 is 14.8 Å². The van der Waals surface area contributed by atoms with Gasteiger partial charge in [0.1, 0.15) is 11.5 Å². The lowest BCUT2D eigenvalue weighted by atomic mass is 9.87. The van der Waals surface area contributed by atoms with Crippen LogP contribution in [-0.4, -0.2) is 41.4 Å². The van der Waals surface area contributed by atoms with E-state index in [2.05, 4.69) is 80.6 Å². The first-order valence-electron chi connectivity index (χ1n) is 20.6. The Morgan fingerprint density at radius 3 is 1.65 bits per heavy atom. The van der Waals surface area contributed by atoms with Gasteiger partial charge in [0.15, 0.2) is 0 Å². The first kappa shape index (κ1) is 48.2. The number of rotatable bonds is 13. The fourth-order valence-corrected chi connectivity index (χ4v) is 6.96. The Labute approximate surface area is 364 Å². The van der Waals surface area contributed by atoms with Crippen molar-refractivity contribution >= 4 is 16.8 Å². The number of halogens is 7. The summed E-state index contributed by atoms with van der Waals surface area (Å²) in [4.78, 5) is 15.9. The lowest BCUT2D eigenvalue weighted by molar-refractivity contribution is -0.275. The molecule has 13 heteroatoms.